The number of amides is 2. The van der Waals surface area contributed by atoms with Gasteiger partial charge in [-0.3, -0.25) is 0 Å². The highest BCUT2D eigenvalue weighted by Crippen LogP contribution is 2.48. The lowest BCUT2D eigenvalue weighted by molar-refractivity contribution is 0.190. The smallest absolute Gasteiger partial charge is 0.317 e. The van der Waals surface area contributed by atoms with E-state index in [9.17, 15) is 4.79 Å². The maximum Gasteiger partial charge on any atom is 0.317 e. The molecule has 2 saturated carbocycles. The van der Waals surface area contributed by atoms with E-state index in [-0.39, 0.29) is 6.03 Å². The minimum absolute atomic E-state index is 0.102. The molecule has 1 aliphatic heterocycles. The van der Waals surface area contributed by atoms with Crippen molar-refractivity contribution in [2.24, 2.45) is 17.8 Å². The van der Waals surface area contributed by atoms with Crippen LogP contribution in [0.2, 0.25) is 5.02 Å². The number of anilines is 1. The number of piperazine rings is 1. The molecule has 1 saturated heterocycles. The van der Waals surface area contributed by atoms with Gasteiger partial charge in [0.05, 0.1) is 5.02 Å². The van der Waals surface area contributed by atoms with E-state index in [1.165, 1.54) is 25.7 Å². The summed E-state index contributed by atoms with van der Waals surface area (Å²) in [4.78, 5) is 20.9. The summed E-state index contributed by atoms with van der Waals surface area (Å²) < 4.78 is 0. The minimum atomic E-state index is 0.102. The molecule has 6 heteroatoms. The van der Waals surface area contributed by atoms with Crippen LogP contribution in [-0.2, 0) is 0 Å². The number of nitrogens with one attached hydrogen (secondary N) is 1. The first-order valence-corrected chi connectivity index (χ1v) is 9.48. The molecule has 4 rings (SSSR count). The Bertz CT molecular complexity index is 565. The van der Waals surface area contributed by atoms with Crippen LogP contribution >= 0.6 is 11.6 Å². The van der Waals surface area contributed by atoms with Crippen molar-refractivity contribution >= 4 is 23.4 Å². The average molecular weight is 349 g/mol. The third kappa shape index (κ3) is 3.77. The second-order valence-electron chi connectivity index (χ2n) is 7.33. The van der Waals surface area contributed by atoms with Gasteiger partial charge in [-0.2, -0.15) is 0 Å². The number of rotatable bonds is 5. The summed E-state index contributed by atoms with van der Waals surface area (Å²) in [6, 6.07) is 3.90. The van der Waals surface area contributed by atoms with Gasteiger partial charge in [0, 0.05) is 38.9 Å². The number of carbonyl (C=O) groups excluding carboxylic acids is 1. The van der Waals surface area contributed by atoms with Gasteiger partial charge in [-0.15, -0.1) is 0 Å². The van der Waals surface area contributed by atoms with Gasteiger partial charge in [-0.1, -0.05) is 11.6 Å². The molecule has 2 aliphatic carbocycles. The Morgan fingerprint density at radius 2 is 1.83 bits per heavy atom. The van der Waals surface area contributed by atoms with E-state index < -0.39 is 0 Å². The predicted octanol–water partition coefficient (Wildman–Crippen LogP) is 3.00. The quantitative estimate of drug-likeness (QED) is 0.889. The zero-order valence-corrected chi connectivity index (χ0v) is 14.7. The van der Waals surface area contributed by atoms with Crippen molar-refractivity contribution < 1.29 is 4.79 Å². The molecule has 5 nitrogen and oxygen atoms in total. The topological polar surface area (TPSA) is 48.5 Å². The Morgan fingerprint density at radius 1 is 1.17 bits per heavy atom. The van der Waals surface area contributed by atoms with E-state index in [1.807, 2.05) is 17.0 Å². The van der Waals surface area contributed by atoms with Crippen molar-refractivity contribution in [1.82, 2.24) is 15.2 Å². The lowest BCUT2D eigenvalue weighted by atomic mass is 9.98. The third-order valence-corrected chi connectivity index (χ3v) is 5.77. The number of pyridine rings is 1. The third-order valence-electron chi connectivity index (χ3n) is 5.55. The van der Waals surface area contributed by atoms with Crippen molar-refractivity contribution in [3.05, 3.63) is 23.4 Å². The van der Waals surface area contributed by atoms with Crippen molar-refractivity contribution in [2.75, 3.05) is 37.6 Å². The Morgan fingerprint density at radius 3 is 2.38 bits per heavy atom. The number of nitrogens with zero attached hydrogens (tertiary/aromatic N) is 3. The maximum absolute atomic E-state index is 12.4. The standard InChI is InChI=1S/C18H25ClN4O/c19-15-5-6-17(20-11-15)22-7-9-23(10-8-22)18(24)21-12-16(13-1-2-13)14-3-4-14/h5-6,11,13-14,16H,1-4,7-10,12H2,(H,21,24). The highest BCUT2D eigenvalue weighted by Gasteiger charge is 2.41. The summed E-state index contributed by atoms with van der Waals surface area (Å²) in [5.74, 6) is 3.42. The Hall–Kier alpha value is -1.49. The highest BCUT2D eigenvalue weighted by atomic mass is 35.5. The summed E-state index contributed by atoms with van der Waals surface area (Å²) in [6.45, 7) is 3.99. The molecule has 0 unspecified atom stereocenters. The molecule has 2 heterocycles. The summed E-state index contributed by atoms with van der Waals surface area (Å²) in [7, 11) is 0. The fraction of sp³-hybridized carbons (Fsp3) is 0.667. The number of hydrogen-bond donors (Lipinski definition) is 1. The molecule has 0 atom stereocenters. The molecular formula is C18H25ClN4O. The molecule has 0 spiro atoms. The lowest BCUT2D eigenvalue weighted by Crippen LogP contribution is -2.52. The zero-order chi connectivity index (χ0) is 16.5. The summed E-state index contributed by atoms with van der Waals surface area (Å²) in [6.07, 6.45) is 7.13. The van der Waals surface area contributed by atoms with Crippen LogP contribution < -0.4 is 10.2 Å². The van der Waals surface area contributed by atoms with Crippen LogP contribution in [0.4, 0.5) is 10.6 Å². The fourth-order valence-corrected chi connectivity index (χ4v) is 3.89. The molecule has 1 N–H and O–H groups in total. The number of carbonyl (C=O) groups is 1. The molecule has 1 aromatic heterocycles. The van der Waals surface area contributed by atoms with Crippen LogP contribution in [0, 0.1) is 17.8 Å². The van der Waals surface area contributed by atoms with Crippen LogP contribution in [0.15, 0.2) is 18.3 Å². The fourth-order valence-electron chi connectivity index (χ4n) is 3.78. The number of urea groups is 1. The molecule has 130 valence electrons. The van der Waals surface area contributed by atoms with E-state index >= 15 is 0 Å². The van der Waals surface area contributed by atoms with Gasteiger partial charge in [0.15, 0.2) is 0 Å². The molecule has 0 aromatic carbocycles. The Kier molecular flexibility index (Phi) is 4.53. The SMILES string of the molecule is O=C(NCC(C1CC1)C1CC1)N1CCN(c2ccc(Cl)cn2)CC1. The second kappa shape index (κ2) is 6.79. The van der Waals surface area contributed by atoms with Crippen molar-refractivity contribution in [3.8, 4) is 0 Å². The summed E-state index contributed by atoms with van der Waals surface area (Å²) >= 11 is 5.89. The second-order valence-corrected chi connectivity index (χ2v) is 7.77. The molecule has 2 amide bonds. The first-order valence-electron chi connectivity index (χ1n) is 9.10. The van der Waals surface area contributed by atoms with Crippen LogP contribution in [0.3, 0.4) is 0 Å². The molecule has 0 radical (unpaired) electrons. The predicted molar refractivity (Wildman–Crippen MR) is 95.4 cm³/mol. The van der Waals surface area contributed by atoms with Gasteiger partial charge in [0.1, 0.15) is 5.82 Å². The molecule has 24 heavy (non-hydrogen) atoms. The van der Waals surface area contributed by atoms with Crippen molar-refractivity contribution in [3.63, 3.8) is 0 Å². The Labute approximate surface area is 148 Å². The van der Waals surface area contributed by atoms with Gasteiger partial charge < -0.3 is 15.1 Å². The van der Waals surface area contributed by atoms with E-state index in [4.69, 9.17) is 11.6 Å². The van der Waals surface area contributed by atoms with Crippen LogP contribution in [0.25, 0.3) is 0 Å². The molecule has 0 bridgehead atoms. The first-order chi connectivity index (χ1) is 11.7. The van der Waals surface area contributed by atoms with Crippen LogP contribution in [-0.4, -0.2) is 48.6 Å². The number of hydrogen-bond acceptors (Lipinski definition) is 3. The van der Waals surface area contributed by atoms with Crippen LogP contribution in [0.1, 0.15) is 25.7 Å². The van der Waals surface area contributed by atoms with E-state index in [0.717, 1.165) is 56.3 Å². The zero-order valence-electron chi connectivity index (χ0n) is 14.0. The lowest BCUT2D eigenvalue weighted by Gasteiger charge is -2.35. The number of aromatic nitrogens is 1. The van der Waals surface area contributed by atoms with Gasteiger partial charge in [0.2, 0.25) is 0 Å². The van der Waals surface area contributed by atoms with Gasteiger partial charge in [0.25, 0.3) is 0 Å². The minimum Gasteiger partial charge on any atom is -0.353 e. The van der Waals surface area contributed by atoms with Gasteiger partial charge >= 0.3 is 6.03 Å². The first kappa shape index (κ1) is 16.0. The Balaban J connectivity index is 1.24. The summed E-state index contributed by atoms with van der Waals surface area (Å²) in [5, 5.41) is 3.84. The van der Waals surface area contributed by atoms with E-state index in [2.05, 4.69) is 15.2 Å². The van der Waals surface area contributed by atoms with Gasteiger partial charge in [-0.25, -0.2) is 9.78 Å². The maximum atomic E-state index is 12.4. The average Bonchev–Trinajstić information content (AvgIpc) is 3.49. The largest absolute Gasteiger partial charge is 0.353 e. The molecule has 1 aromatic rings. The summed E-state index contributed by atoms with van der Waals surface area (Å²) in [5.41, 5.74) is 0. The molecule has 3 fully saturated rings. The highest BCUT2D eigenvalue weighted by molar-refractivity contribution is 6.30. The molecular weight excluding hydrogens is 324 g/mol. The van der Waals surface area contributed by atoms with Gasteiger partial charge in [-0.05, 0) is 55.6 Å². The van der Waals surface area contributed by atoms with E-state index in [1.54, 1.807) is 6.20 Å². The van der Waals surface area contributed by atoms with Crippen LogP contribution in [0.5, 0.6) is 0 Å². The van der Waals surface area contributed by atoms with E-state index in [0.29, 0.717) is 5.02 Å². The monoisotopic (exact) mass is 348 g/mol. The number of halogens is 1. The normalized spacial score (nSPS) is 21.2. The van der Waals surface area contributed by atoms with Crippen molar-refractivity contribution in [1.29, 1.82) is 0 Å². The molecule has 3 aliphatic rings. The van der Waals surface area contributed by atoms with Crippen molar-refractivity contribution in [2.45, 2.75) is 25.7 Å².